The summed E-state index contributed by atoms with van der Waals surface area (Å²) in [6.07, 6.45) is 6.94. The second kappa shape index (κ2) is 30.2. The van der Waals surface area contributed by atoms with Crippen molar-refractivity contribution < 1.29 is 47.5 Å². The van der Waals surface area contributed by atoms with Gasteiger partial charge >= 0.3 is 12.1 Å². The minimum absolute atomic E-state index is 0.148. The fourth-order valence-electron chi connectivity index (χ4n) is 3.54. The van der Waals surface area contributed by atoms with Crippen molar-refractivity contribution in [3.63, 3.8) is 0 Å². The molecule has 0 saturated carbocycles. The van der Waals surface area contributed by atoms with Crippen molar-refractivity contribution >= 4 is 12.1 Å². The van der Waals surface area contributed by atoms with E-state index in [0.717, 1.165) is 18.4 Å². The normalized spacial score (nSPS) is 11.0. The molecule has 242 valence electrons. The number of nitrogens with one attached hydrogen (secondary N) is 1. The molecule has 0 spiro atoms. The number of unbranched alkanes of at least 4 members (excludes halogenated alkanes) is 5. The lowest BCUT2D eigenvalue weighted by Gasteiger charge is -2.09. The Balaban J connectivity index is 1.69. The van der Waals surface area contributed by atoms with E-state index in [4.69, 9.17) is 37.9 Å². The minimum Gasteiger partial charge on any atom is -0.463 e. The van der Waals surface area contributed by atoms with Crippen molar-refractivity contribution in [1.29, 1.82) is 0 Å². The molecule has 0 aliphatic rings. The van der Waals surface area contributed by atoms with Crippen molar-refractivity contribution in [3.05, 3.63) is 35.9 Å². The molecule has 0 aliphatic heterocycles. The number of alkyl carbamates (subject to hydrolysis) is 1. The molecule has 1 aromatic rings. The van der Waals surface area contributed by atoms with Crippen molar-refractivity contribution in [2.24, 2.45) is 0 Å². The van der Waals surface area contributed by atoms with Gasteiger partial charge in [-0.15, -0.1) is 0 Å². The van der Waals surface area contributed by atoms with Crippen molar-refractivity contribution in [2.75, 3.05) is 92.4 Å². The van der Waals surface area contributed by atoms with Crippen molar-refractivity contribution in [2.45, 2.75) is 58.5 Å². The number of ether oxygens (including phenoxy) is 8. The van der Waals surface area contributed by atoms with Crippen LogP contribution >= 0.6 is 0 Å². The molecule has 1 amide bonds. The molecule has 11 heteroatoms. The molecule has 11 nitrogen and oxygen atoms in total. The summed E-state index contributed by atoms with van der Waals surface area (Å²) in [4.78, 5) is 23.3. The van der Waals surface area contributed by atoms with Gasteiger partial charge in [-0.1, -0.05) is 69.4 Å². The molecule has 0 bridgehead atoms. The standard InChI is InChI=1S/C31H53NO10/c1-2-3-4-5-6-10-13-30(33)41-27-26-40-25-24-39-23-22-38-21-20-37-19-18-36-17-16-35-15-14-32-31(34)42-28-29-11-8-7-9-12-29/h7-9,11-12H,2-6,10,13-28H2,1H3,(H,32,34). The van der Waals surface area contributed by atoms with E-state index in [-0.39, 0.29) is 19.2 Å². The van der Waals surface area contributed by atoms with Gasteiger partial charge in [-0.2, -0.15) is 0 Å². The van der Waals surface area contributed by atoms with Crippen LogP contribution in [0, 0.1) is 0 Å². The van der Waals surface area contributed by atoms with Crippen LogP contribution in [-0.2, 0) is 49.3 Å². The fraction of sp³-hybridized carbons (Fsp3) is 0.742. The van der Waals surface area contributed by atoms with E-state index < -0.39 is 6.09 Å². The number of carbonyl (C=O) groups excluding carboxylic acids is 2. The number of rotatable bonds is 30. The molecule has 1 N–H and O–H groups in total. The first-order valence-electron chi connectivity index (χ1n) is 15.3. The lowest BCUT2D eigenvalue weighted by Crippen LogP contribution is -2.28. The predicted molar refractivity (Wildman–Crippen MR) is 158 cm³/mol. The van der Waals surface area contributed by atoms with Gasteiger partial charge in [-0.05, 0) is 12.0 Å². The molecular weight excluding hydrogens is 546 g/mol. The molecular formula is C31H53NO10. The quantitative estimate of drug-likeness (QED) is 0.101. The maximum atomic E-state index is 11.6. The van der Waals surface area contributed by atoms with Crippen LogP contribution in [0.1, 0.15) is 57.4 Å². The predicted octanol–water partition coefficient (Wildman–Crippen LogP) is 4.31. The van der Waals surface area contributed by atoms with Crippen LogP contribution in [0.5, 0.6) is 0 Å². The molecule has 42 heavy (non-hydrogen) atoms. The van der Waals surface area contributed by atoms with Crippen LogP contribution in [0.3, 0.4) is 0 Å². The Kier molecular flexibility index (Phi) is 27.1. The van der Waals surface area contributed by atoms with Crippen LogP contribution in [0.15, 0.2) is 30.3 Å². The highest BCUT2D eigenvalue weighted by molar-refractivity contribution is 5.69. The first-order valence-corrected chi connectivity index (χ1v) is 15.3. The van der Waals surface area contributed by atoms with Crippen LogP contribution in [0.2, 0.25) is 0 Å². The van der Waals surface area contributed by atoms with Gasteiger partial charge in [-0.25, -0.2) is 4.79 Å². The van der Waals surface area contributed by atoms with Gasteiger partial charge in [0.25, 0.3) is 0 Å². The number of amides is 1. The Morgan fingerprint density at radius 2 is 1.05 bits per heavy atom. The first kappa shape index (κ1) is 37.7. The summed E-state index contributed by atoms with van der Waals surface area (Å²) in [5.41, 5.74) is 0.938. The van der Waals surface area contributed by atoms with E-state index in [1.807, 2.05) is 30.3 Å². The summed E-state index contributed by atoms with van der Waals surface area (Å²) in [5, 5.41) is 2.64. The first-order chi connectivity index (χ1) is 20.7. The molecule has 0 aromatic heterocycles. The van der Waals surface area contributed by atoms with Gasteiger partial charge in [0.1, 0.15) is 13.2 Å². The van der Waals surface area contributed by atoms with E-state index in [9.17, 15) is 9.59 Å². The molecule has 0 atom stereocenters. The highest BCUT2D eigenvalue weighted by Gasteiger charge is 2.03. The van der Waals surface area contributed by atoms with Gasteiger partial charge in [0.15, 0.2) is 0 Å². The zero-order valence-electron chi connectivity index (χ0n) is 25.5. The highest BCUT2D eigenvalue weighted by Crippen LogP contribution is 2.07. The molecule has 0 unspecified atom stereocenters. The van der Waals surface area contributed by atoms with Crippen LogP contribution in [-0.4, -0.2) is 104 Å². The van der Waals surface area contributed by atoms with Gasteiger partial charge in [0, 0.05) is 13.0 Å². The average molecular weight is 600 g/mol. The van der Waals surface area contributed by atoms with E-state index >= 15 is 0 Å². The smallest absolute Gasteiger partial charge is 0.407 e. The topological polar surface area (TPSA) is 120 Å². The zero-order valence-corrected chi connectivity index (χ0v) is 25.5. The molecule has 0 saturated heterocycles. The summed E-state index contributed by atoms with van der Waals surface area (Å²) in [7, 11) is 0. The van der Waals surface area contributed by atoms with Crippen LogP contribution in [0.4, 0.5) is 4.79 Å². The lowest BCUT2D eigenvalue weighted by atomic mass is 10.1. The van der Waals surface area contributed by atoms with E-state index in [0.29, 0.717) is 92.2 Å². The van der Waals surface area contributed by atoms with Gasteiger partial charge < -0.3 is 43.2 Å². The molecule has 0 radical (unpaired) electrons. The number of carbonyl (C=O) groups is 2. The summed E-state index contributed by atoms with van der Waals surface area (Å²) >= 11 is 0. The fourth-order valence-corrected chi connectivity index (χ4v) is 3.54. The Labute approximate surface area is 251 Å². The van der Waals surface area contributed by atoms with Gasteiger partial charge in [0.2, 0.25) is 0 Å². The summed E-state index contributed by atoms with van der Waals surface area (Å²) in [5.74, 6) is -0.148. The summed E-state index contributed by atoms with van der Waals surface area (Å²) < 4.78 is 42.9. The Morgan fingerprint density at radius 1 is 0.571 bits per heavy atom. The molecule has 1 rings (SSSR count). The lowest BCUT2D eigenvalue weighted by molar-refractivity contribution is -0.145. The number of hydrogen-bond acceptors (Lipinski definition) is 10. The Morgan fingerprint density at radius 3 is 1.60 bits per heavy atom. The number of hydrogen-bond donors (Lipinski definition) is 1. The monoisotopic (exact) mass is 599 g/mol. The number of esters is 1. The van der Waals surface area contributed by atoms with E-state index in [1.165, 1.54) is 25.7 Å². The molecule has 1 aromatic carbocycles. The molecule has 0 fully saturated rings. The third kappa shape index (κ3) is 26.6. The zero-order chi connectivity index (χ0) is 30.2. The third-order valence-electron chi connectivity index (χ3n) is 5.81. The third-order valence-corrected chi connectivity index (χ3v) is 5.81. The van der Waals surface area contributed by atoms with Crippen molar-refractivity contribution in [3.8, 4) is 0 Å². The second-order valence-electron chi connectivity index (χ2n) is 9.40. The second-order valence-corrected chi connectivity index (χ2v) is 9.40. The number of benzene rings is 1. The Bertz CT molecular complexity index is 738. The van der Waals surface area contributed by atoms with Crippen LogP contribution in [0.25, 0.3) is 0 Å². The van der Waals surface area contributed by atoms with Gasteiger partial charge in [-0.3, -0.25) is 4.79 Å². The Hall–Kier alpha value is -2.28. The summed E-state index contributed by atoms with van der Waals surface area (Å²) in [6, 6.07) is 9.50. The molecule has 0 aliphatic carbocycles. The molecule has 0 heterocycles. The largest absolute Gasteiger partial charge is 0.463 e. The van der Waals surface area contributed by atoms with Gasteiger partial charge in [0.05, 0.1) is 79.3 Å². The highest BCUT2D eigenvalue weighted by atomic mass is 16.6. The van der Waals surface area contributed by atoms with Crippen LogP contribution < -0.4 is 5.32 Å². The maximum absolute atomic E-state index is 11.6. The van der Waals surface area contributed by atoms with Crippen molar-refractivity contribution in [1.82, 2.24) is 5.32 Å². The summed E-state index contributed by atoms with van der Waals surface area (Å²) in [6.45, 7) is 8.48. The minimum atomic E-state index is -0.469. The van der Waals surface area contributed by atoms with E-state index in [2.05, 4.69) is 12.2 Å². The SMILES string of the molecule is CCCCCCCCC(=O)OCCOCCOCCOCCOCCOCCOCCNC(=O)OCc1ccccc1. The average Bonchev–Trinajstić information content (AvgIpc) is 3.00. The van der Waals surface area contributed by atoms with E-state index in [1.54, 1.807) is 0 Å². The maximum Gasteiger partial charge on any atom is 0.407 e.